The number of ether oxygens (including phenoxy) is 2. The van der Waals surface area contributed by atoms with Gasteiger partial charge in [0.1, 0.15) is 0 Å². The largest absolute Gasteiger partial charge is 0.490 e. The zero-order valence-corrected chi connectivity index (χ0v) is 14.9. The fourth-order valence-electron chi connectivity index (χ4n) is 2.23. The highest BCUT2D eigenvalue weighted by atomic mass is 35.5. The summed E-state index contributed by atoms with van der Waals surface area (Å²) in [6.45, 7) is 1.35. The van der Waals surface area contributed by atoms with Crippen molar-refractivity contribution in [1.82, 2.24) is 4.31 Å². The minimum atomic E-state index is -3.61. The molecule has 0 N–H and O–H groups in total. The molecule has 2 aromatic rings. The van der Waals surface area contributed by atoms with Crippen molar-refractivity contribution in [2.45, 2.75) is 17.9 Å². The predicted molar refractivity (Wildman–Crippen MR) is 90.0 cm³/mol. The first-order valence-electron chi connectivity index (χ1n) is 7.07. The van der Waals surface area contributed by atoms with Gasteiger partial charge in [-0.05, 0) is 24.3 Å². The molecule has 5 nitrogen and oxygen atoms in total. The Bertz CT molecular complexity index is 804. The van der Waals surface area contributed by atoms with Crippen LogP contribution in [0.3, 0.4) is 0 Å². The molecule has 23 heavy (non-hydrogen) atoms. The summed E-state index contributed by atoms with van der Waals surface area (Å²) in [4.78, 5) is 1.07. The maximum absolute atomic E-state index is 12.7. The van der Waals surface area contributed by atoms with Crippen LogP contribution < -0.4 is 9.47 Å². The molecular weight excluding hydrogens is 358 g/mol. The van der Waals surface area contributed by atoms with Gasteiger partial charge in [-0.2, -0.15) is 4.31 Å². The molecule has 0 aliphatic carbocycles. The van der Waals surface area contributed by atoms with Gasteiger partial charge in [-0.15, -0.1) is 11.3 Å². The van der Waals surface area contributed by atoms with Crippen LogP contribution in [0.2, 0.25) is 4.34 Å². The van der Waals surface area contributed by atoms with Gasteiger partial charge in [-0.25, -0.2) is 8.42 Å². The second-order valence-electron chi connectivity index (χ2n) is 5.13. The zero-order valence-electron chi connectivity index (χ0n) is 12.5. The van der Waals surface area contributed by atoms with E-state index < -0.39 is 10.0 Å². The highest BCUT2D eigenvalue weighted by molar-refractivity contribution is 7.89. The van der Waals surface area contributed by atoms with Crippen LogP contribution in [-0.2, 0) is 16.6 Å². The smallest absolute Gasteiger partial charge is 0.243 e. The van der Waals surface area contributed by atoms with Gasteiger partial charge < -0.3 is 9.47 Å². The molecule has 124 valence electrons. The normalized spacial score (nSPS) is 14.7. The molecule has 8 heteroatoms. The number of sulfonamides is 1. The molecule has 0 spiro atoms. The SMILES string of the molecule is CN(Cc1ccc(Cl)s1)S(=O)(=O)c1ccc2c(c1)OCCCO2. The number of nitrogens with zero attached hydrogens (tertiary/aromatic N) is 1. The van der Waals surface area contributed by atoms with E-state index in [1.54, 1.807) is 25.2 Å². The predicted octanol–water partition coefficient (Wildman–Crippen LogP) is 3.38. The van der Waals surface area contributed by atoms with E-state index in [2.05, 4.69) is 0 Å². The third kappa shape index (κ3) is 3.63. The third-order valence-electron chi connectivity index (χ3n) is 3.43. The molecule has 1 aromatic heterocycles. The van der Waals surface area contributed by atoms with E-state index in [0.29, 0.717) is 29.0 Å². The Morgan fingerprint density at radius 2 is 1.91 bits per heavy atom. The van der Waals surface area contributed by atoms with Gasteiger partial charge in [0, 0.05) is 31.0 Å². The Morgan fingerprint density at radius 1 is 1.17 bits per heavy atom. The van der Waals surface area contributed by atoms with E-state index in [9.17, 15) is 8.42 Å². The molecule has 0 fully saturated rings. The van der Waals surface area contributed by atoms with Crippen molar-refractivity contribution >= 4 is 33.0 Å². The fraction of sp³-hybridized carbons (Fsp3) is 0.333. The molecule has 2 heterocycles. The number of rotatable bonds is 4. The van der Waals surface area contributed by atoms with Crippen molar-refractivity contribution in [3.05, 3.63) is 39.5 Å². The van der Waals surface area contributed by atoms with Crippen LogP contribution in [0.15, 0.2) is 35.2 Å². The van der Waals surface area contributed by atoms with Crippen molar-refractivity contribution in [1.29, 1.82) is 0 Å². The number of fused-ring (bicyclic) bond motifs is 1. The van der Waals surface area contributed by atoms with Crippen molar-refractivity contribution < 1.29 is 17.9 Å². The molecule has 3 rings (SSSR count). The van der Waals surface area contributed by atoms with Gasteiger partial charge in [0.15, 0.2) is 11.5 Å². The number of halogens is 1. The maximum Gasteiger partial charge on any atom is 0.243 e. The van der Waals surface area contributed by atoms with Crippen LogP contribution in [0.5, 0.6) is 11.5 Å². The Labute approximate surface area is 144 Å². The lowest BCUT2D eigenvalue weighted by molar-refractivity contribution is 0.297. The summed E-state index contributed by atoms with van der Waals surface area (Å²) in [6, 6.07) is 8.29. The lowest BCUT2D eigenvalue weighted by Gasteiger charge is -2.17. The molecule has 1 aromatic carbocycles. The standard InChI is InChI=1S/C15H16ClNO4S2/c1-17(10-11-3-6-15(16)22-11)23(18,19)12-4-5-13-14(9-12)21-8-2-7-20-13/h3-6,9H,2,7-8,10H2,1H3. The molecule has 0 saturated carbocycles. The van der Waals surface area contributed by atoms with Crippen molar-refractivity contribution in [3.8, 4) is 11.5 Å². The summed E-state index contributed by atoms with van der Waals surface area (Å²) in [6.07, 6.45) is 0.774. The molecule has 0 unspecified atom stereocenters. The van der Waals surface area contributed by atoms with Crippen LogP contribution >= 0.6 is 22.9 Å². The summed E-state index contributed by atoms with van der Waals surface area (Å²) in [7, 11) is -2.06. The Hall–Kier alpha value is -1.28. The number of hydrogen-bond donors (Lipinski definition) is 0. The van der Waals surface area contributed by atoms with E-state index in [1.807, 2.05) is 6.07 Å². The molecule has 0 radical (unpaired) electrons. The second kappa shape index (κ2) is 6.68. The minimum absolute atomic E-state index is 0.187. The topological polar surface area (TPSA) is 55.8 Å². The van der Waals surface area contributed by atoms with E-state index in [-0.39, 0.29) is 11.4 Å². The lowest BCUT2D eigenvalue weighted by Crippen LogP contribution is -2.26. The van der Waals surface area contributed by atoms with Gasteiger partial charge >= 0.3 is 0 Å². The highest BCUT2D eigenvalue weighted by Gasteiger charge is 2.24. The van der Waals surface area contributed by atoms with Gasteiger partial charge in [-0.1, -0.05) is 11.6 Å². The van der Waals surface area contributed by atoms with E-state index in [0.717, 1.165) is 11.3 Å². The van der Waals surface area contributed by atoms with Gasteiger partial charge in [0.05, 0.1) is 22.4 Å². The van der Waals surface area contributed by atoms with Crippen molar-refractivity contribution in [3.63, 3.8) is 0 Å². The molecule has 0 bridgehead atoms. The molecule has 1 aliphatic heterocycles. The van der Waals surface area contributed by atoms with E-state index >= 15 is 0 Å². The highest BCUT2D eigenvalue weighted by Crippen LogP contribution is 2.33. The Kier molecular flexibility index (Phi) is 4.82. The summed E-state index contributed by atoms with van der Waals surface area (Å²) in [5.41, 5.74) is 0. The first kappa shape index (κ1) is 16.6. The molecule has 1 aliphatic rings. The second-order valence-corrected chi connectivity index (χ2v) is 8.97. The van der Waals surface area contributed by atoms with Crippen molar-refractivity contribution in [2.24, 2.45) is 0 Å². The number of thiophene rings is 1. The van der Waals surface area contributed by atoms with Crippen LogP contribution in [0.25, 0.3) is 0 Å². The van der Waals surface area contributed by atoms with E-state index in [1.165, 1.54) is 21.7 Å². The van der Waals surface area contributed by atoms with Crippen molar-refractivity contribution in [2.75, 3.05) is 20.3 Å². The number of benzene rings is 1. The fourth-order valence-corrected chi connectivity index (χ4v) is 4.61. The summed E-state index contributed by atoms with van der Waals surface area (Å²) >= 11 is 7.26. The first-order valence-corrected chi connectivity index (χ1v) is 9.70. The maximum atomic E-state index is 12.7. The summed E-state index contributed by atoms with van der Waals surface area (Å²) < 4.78 is 38.5. The van der Waals surface area contributed by atoms with Crippen LogP contribution in [0.1, 0.15) is 11.3 Å². The molecule has 0 amide bonds. The summed E-state index contributed by atoms with van der Waals surface area (Å²) in [5, 5.41) is 0. The lowest BCUT2D eigenvalue weighted by atomic mass is 10.3. The molecule has 0 saturated heterocycles. The molecular formula is C15H16ClNO4S2. The monoisotopic (exact) mass is 373 g/mol. The van der Waals surface area contributed by atoms with Crippen LogP contribution in [-0.4, -0.2) is 33.0 Å². The third-order valence-corrected chi connectivity index (χ3v) is 6.45. The number of hydrogen-bond acceptors (Lipinski definition) is 5. The minimum Gasteiger partial charge on any atom is -0.490 e. The molecule has 0 atom stereocenters. The zero-order chi connectivity index (χ0) is 16.4. The first-order chi connectivity index (χ1) is 11.0. The van der Waals surface area contributed by atoms with Gasteiger partial charge in [0.25, 0.3) is 0 Å². The van der Waals surface area contributed by atoms with Crippen LogP contribution in [0, 0.1) is 0 Å². The summed E-state index contributed by atoms with van der Waals surface area (Å²) in [5.74, 6) is 1.05. The average molecular weight is 374 g/mol. The van der Waals surface area contributed by atoms with E-state index in [4.69, 9.17) is 21.1 Å². The Morgan fingerprint density at radius 3 is 2.61 bits per heavy atom. The van der Waals surface area contributed by atoms with Crippen LogP contribution in [0.4, 0.5) is 0 Å². The average Bonchev–Trinajstić information content (AvgIpc) is 2.79. The van der Waals surface area contributed by atoms with Gasteiger partial charge in [0.2, 0.25) is 10.0 Å². The van der Waals surface area contributed by atoms with Gasteiger partial charge in [-0.3, -0.25) is 0 Å². The Balaban J connectivity index is 1.85. The quantitative estimate of drug-likeness (QED) is 0.824.